The van der Waals surface area contributed by atoms with E-state index >= 15 is 0 Å². The minimum atomic E-state index is -0.521. The van der Waals surface area contributed by atoms with Gasteiger partial charge < -0.3 is 14.7 Å². The van der Waals surface area contributed by atoms with Gasteiger partial charge in [-0.1, -0.05) is 15.9 Å². The molecule has 1 aromatic carbocycles. The van der Waals surface area contributed by atoms with Gasteiger partial charge in [0.1, 0.15) is 12.4 Å². The molecule has 16 heavy (non-hydrogen) atoms. The van der Waals surface area contributed by atoms with Crippen LogP contribution in [-0.4, -0.2) is 37.3 Å². The fourth-order valence-electron chi connectivity index (χ4n) is 1.32. The Hall–Kier alpha value is -0.580. The summed E-state index contributed by atoms with van der Waals surface area (Å²) in [7, 11) is 4.00. The molecule has 0 saturated carbocycles. The fraction of sp³-hybridized carbons (Fsp3) is 0.500. The van der Waals surface area contributed by atoms with Crippen LogP contribution in [0.5, 0.6) is 5.75 Å². The Kier molecular flexibility index (Phi) is 5.25. The molecule has 0 spiro atoms. The van der Waals surface area contributed by atoms with Crippen LogP contribution in [0.3, 0.4) is 0 Å². The zero-order chi connectivity index (χ0) is 12.1. The van der Waals surface area contributed by atoms with E-state index in [4.69, 9.17) is 4.74 Å². The fourth-order valence-corrected chi connectivity index (χ4v) is 1.69. The molecule has 1 unspecified atom stereocenters. The van der Waals surface area contributed by atoms with Crippen LogP contribution >= 0.6 is 15.9 Å². The SMILES string of the molecule is CC(O)c1cc(Br)ccc1OCCN(C)C. The summed E-state index contributed by atoms with van der Waals surface area (Å²) in [4.78, 5) is 2.06. The molecule has 0 saturated heterocycles. The first kappa shape index (κ1) is 13.5. The predicted octanol–water partition coefficient (Wildman–Crippen LogP) is 2.44. The van der Waals surface area contributed by atoms with Crippen molar-refractivity contribution in [2.45, 2.75) is 13.0 Å². The summed E-state index contributed by atoms with van der Waals surface area (Å²) in [6.07, 6.45) is -0.521. The number of hydrogen-bond donors (Lipinski definition) is 1. The molecular formula is C12H18BrNO2. The number of nitrogens with zero attached hydrogens (tertiary/aromatic N) is 1. The second-order valence-electron chi connectivity index (χ2n) is 4.01. The Labute approximate surface area is 105 Å². The van der Waals surface area contributed by atoms with Gasteiger partial charge in [-0.15, -0.1) is 0 Å². The molecular weight excluding hydrogens is 270 g/mol. The largest absolute Gasteiger partial charge is 0.492 e. The van der Waals surface area contributed by atoms with Gasteiger partial charge in [-0.3, -0.25) is 0 Å². The van der Waals surface area contributed by atoms with Crippen LogP contribution in [0.4, 0.5) is 0 Å². The summed E-state index contributed by atoms with van der Waals surface area (Å²) >= 11 is 3.38. The van der Waals surface area contributed by atoms with Crippen LogP contribution in [0.15, 0.2) is 22.7 Å². The third-order valence-corrected chi connectivity index (χ3v) is 2.71. The quantitative estimate of drug-likeness (QED) is 0.903. The van der Waals surface area contributed by atoms with Gasteiger partial charge in [-0.25, -0.2) is 0 Å². The number of hydrogen-bond acceptors (Lipinski definition) is 3. The number of aliphatic hydroxyl groups is 1. The lowest BCUT2D eigenvalue weighted by Crippen LogP contribution is -2.19. The highest BCUT2D eigenvalue weighted by Crippen LogP contribution is 2.28. The molecule has 0 radical (unpaired) electrons. The van der Waals surface area contributed by atoms with Crippen LogP contribution in [-0.2, 0) is 0 Å². The molecule has 0 amide bonds. The van der Waals surface area contributed by atoms with Crippen molar-refractivity contribution in [1.29, 1.82) is 0 Å². The molecule has 1 N–H and O–H groups in total. The van der Waals surface area contributed by atoms with Crippen molar-refractivity contribution >= 4 is 15.9 Å². The lowest BCUT2D eigenvalue weighted by molar-refractivity contribution is 0.188. The minimum absolute atomic E-state index is 0.521. The van der Waals surface area contributed by atoms with E-state index < -0.39 is 6.10 Å². The van der Waals surface area contributed by atoms with Crippen molar-refractivity contribution in [3.8, 4) is 5.75 Å². The van der Waals surface area contributed by atoms with E-state index in [1.54, 1.807) is 6.92 Å². The first-order valence-corrected chi connectivity index (χ1v) is 6.05. The molecule has 1 rings (SSSR count). The van der Waals surface area contributed by atoms with Gasteiger partial charge in [0.25, 0.3) is 0 Å². The van der Waals surface area contributed by atoms with Crippen LogP contribution in [0.25, 0.3) is 0 Å². The molecule has 0 aliphatic rings. The lowest BCUT2D eigenvalue weighted by Gasteiger charge is -2.15. The Bertz CT molecular complexity index is 340. The third kappa shape index (κ3) is 4.12. The van der Waals surface area contributed by atoms with E-state index in [-0.39, 0.29) is 0 Å². The van der Waals surface area contributed by atoms with Gasteiger partial charge in [-0.2, -0.15) is 0 Å². The Morgan fingerprint density at radius 2 is 2.12 bits per heavy atom. The normalized spacial score (nSPS) is 12.9. The number of likely N-dealkylation sites (N-methyl/N-ethyl adjacent to an activating group) is 1. The van der Waals surface area contributed by atoms with Crippen molar-refractivity contribution in [2.75, 3.05) is 27.2 Å². The standard InChI is InChI=1S/C12H18BrNO2/c1-9(15)11-8-10(13)4-5-12(11)16-7-6-14(2)3/h4-5,8-9,15H,6-7H2,1-3H3. The van der Waals surface area contributed by atoms with Crippen LogP contribution in [0.2, 0.25) is 0 Å². The van der Waals surface area contributed by atoms with Crippen molar-refractivity contribution in [1.82, 2.24) is 4.90 Å². The second-order valence-corrected chi connectivity index (χ2v) is 4.93. The summed E-state index contributed by atoms with van der Waals surface area (Å²) < 4.78 is 6.59. The summed E-state index contributed by atoms with van der Waals surface area (Å²) in [5.74, 6) is 0.750. The van der Waals surface area contributed by atoms with Crippen LogP contribution in [0.1, 0.15) is 18.6 Å². The minimum Gasteiger partial charge on any atom is -0.492 e. The number of rotatable bonds is 5. The topological polar surface area (TPSA) is 32.7 Å². The highest BCUT2D eigenvalue weighted by molar-refractivity contribution is 9.10. The summed E-state index contributed by atoms with van der Waals surface area (Å²) in [6.45, 7) is 3.21. The maximum Gasteiger partial charge on any atom is 0.125 e. The van der Waals surface area contributed by atoms with E-state index in [2.05, 4.69) is 20.8 Å². The molecule has 3 nitrogen and oxygen atoms in total. The van der Waals surface area contributed by atoms with Gasteiger partial charge in [0.15, 0.2) is 0 Å². The average molecular weight is 288 g/mol. The van der Waals surface area contributed by atoms with Crippen molar-refractivity contribution < 1.29 is 9.84 Å². The number of ether oxygens (including phenoxy) is 1. The molecule has 0 aromatic heterocycles. The van der Waals surface area contributed by atoms with Crippen molar-refractivity contribution in [2.24, 2.45) is 0 Å². The van der Waals surface area contributed by atoms with Gasteiger partial charge in [0.05, 0.1) is 6.10 Å². The molecule has 0 aliphatic heterocycles. The predicted molar refractivity (Wildman–Crippen MR) is 68.8 cm³/mol. The zero-order valence-electron chi connectivity index (χ0n) is 9.90. The van der Waals surface area contributed by atoms with Crippen LogP contribution < -0.4 is 4.74 Å². The average Bonchev–Trinajstić information content (AvgIpc) is 2.19. The Balaban J connectivity index is 2.71. The number of aliphatic hydroxyl groups excluding tert-OH is 1. The highest BCUT2D eigenvalue weighted by Gasteiger charge is 2.09. The Morgan fingerprint density at radius 3 is 2.69 bits per heavy atom. The summed E-state index contributed by atoms with van der Waals surface area (Å²) in [5, 5.41) is 9.63. The van der Waals surface area contributed by atoms with Crippen LogP contribution in [0, 0.1) is 0 Å². The van der Waals surface area contributed by atoms with E-state index in [1.807, 2.05) is 32.3 Å². The van der Waals surface area contributed by atoms with Gasteiger partial charge >= 0.3 is 0 Å². The van der Waals surface area contributed by atoms with Crippen molar-refractivity contribution in [3.63, 3.8) is 0 Å². The third-order valence-electron chi connectivity index (χ3n) is 2.22. The smallest absolute Gasteiger partial charge is 0.125 e. The zero-order valence-corrected chi connectivity index (χ0v) is 11.5. The molecule has 1 atom stereocenters. The molecule has 0 aliphatic carbocycles. The Morgan fingerprint density at radius 1 is 1.44 bits per heavy atom. The lowest BCUT2D eigenvalue weighted by atomic mass is 10.1. The van der Waals surface area contributed by atoms with E-state index in [0.717, 1.165) is 22.3 Å². The van der Waals surface area contributed by atoms with E-state index in [0.29, 0.717) is 6.61 Å². The summed E-state index contributed by atoms with van der Waals surface area (Å²) in [6, 6.07) is 5.67. The molecule has 0 fully saturated rings. The van der Waals surface area contributed by atoms with E-state index in [1.165, 1.54) is 0 Å². The first-order chi connectivity index (χ1) is 7.50. The van der Waals surface area contributed by atoms with Gasteiger partial charge in [0.2, 0.25) is 0 Å². The maximum absolute atomic E-state index is 9.63. The maximum atomic E-state index is 9.63. The molecule has 4 heteroatoms. The second kappa shape index (κ2) is 6.23. The van der Waals surface area contributed by atoms with Crippen molar-refractivity contribution in [3.05, 3.63) is 28.2 Å². The number of halogens is 1. The summed E-state index contributed by atoms with van der Waals surface area (Å²) in [5.41, 5.74) is 0.813. The van der Waals surface area contributed by atoms with Gasteiger partial charge in [-0.05, 0) is 39.2 Å². The molecule has 90 valence electrons. The highest BCUT2D eigenvalue weighted by atomic mass is 79.9. The molecule has 1 aromatic rings. The first-order valence-electron chi connectivity index (χ1n) is 5.25. The van der Waals surface area contributed by atoms with E-state index in [9.17, 15) is 5.11 Å². The molecule has 0 heterocycles. The number of benzene rings is 1. The molecule has 0 bridgehead atoms. The van der Waals surface area contributed by atoms with Gasteiger partial charge in [0, 0.05) is 16.6 Å². The monoisotopic (exact) mass is 287 g/mol.